The maximum atomic E-state index is 12.6. The van der Waals surface area contributed by atoms with E-state index in [9.17, 15) is 9.59 Å². The second-order valence-electron chi connectivity index (χ2n) is 6.75. The third-order valence-corrected chi connectivity index (χ3v) is 5.05. The summed E-state index contributed by atoms with van der Waals surface area (Å²) in [6.45, 7) is 2.01. The molecule has 1 aliphatic heterocycles. The van der Waals surface area contributed by atoms with Crippen molar-refractivity contribution in [3.8, 4) is 0 Å². The number of imidazole rings is 1. The SMILES string of the molecule is O=C(c1ccc[nH]c1=O)N1CCC(c2nccn2Cc2ccncc2)CC1. The molecule has 3 aromatic heterocycles. The minimum atomic E-state index is -0.336. The Hall–Kier alpha value is -3.22. The van der Waals surface area contributed by atoms with Crippen LogP contribution in [0.1, 0.15) is 40.5 Å². The smallest absolute Gasteiger partial charge is 0.260 e. The molecule has 7 nitrogen and oxygen atoms in total. The monoisotopic (exact) mass is 363 g/mol. The van der Waals surface area contributed by atoms with Crippen LogP contribution in [0, 0.1) is 0 Å². The number of hydrogen-bond donors (Lipinski definition) is 1. The van der Waals surface area contributed by atoms with E-state index in [2.05, 4.69) is 19.5 Å². The number of aromatic amines is 1. The minimum absolute atomic E-state index is 0.199. The van der Waals surface area contributed by atoms with Crippen LogP contribution >= 0.6 is 0 Å². The largest absolute Gasteiger partial charge is 0.338 e. The van der Waals surface area contributed by atoms with Gasteiger partial charge < -0.3 is 14.5 Å². The predicted molar refractivity (Wildman–Crippen MR) is 101 cm³/mol. The molecule has 1 saturated heterocycles. The van der Waals surface area contributed by atoms with E-state index in [4.69, 9.17) is 0 Å². The highest BCUT2D eigenvalue weighted by atomic mass is 16.2. The molecule has 1 aliphatic rings. The van der Waals surface area contributed by atoms with Crippen LogP contribution in [0.2, 0.25) is 0 Å². The normalized spacial score (nSPS) is 15.0. The van der Waals surface area contributed by atoms with Crippen molar-refractivity contribution in [1.29, 1.82) is 0 Å². The van der Waals surface area contributed by atoms with Crippen LogP contribution < -0.4 is 5.56 Å². The summed E-state index contributed by atoms with van der Waals surface area (Å²) in [7, 11) is 0. The van der Waals surface area contributed by atoms with Gasteiger partial charge in [-0.1, -0.05) is 0 Å². The number of amides is 1. The molecule has 0 spiro atoms. The van der Waals surface area contributed by atoms with Crippen LogP contribution in [0.3, 0.4) is 0 Å². The van der Waals surface area contributed by atoms with Crippen LogP contribution in [0.4, 0.5) is 0 Å². The van der Waals surface area contributed by atoms with E-state index in [0.717, 1.165) is 25.2 Å². The molecule has 0 bridgehead atoms. The molecule has 0 aromatic carbocycles. The third kappa shape index (κ3) is 3.67. The van der Waals surface area contributed by atoms with Gasteiger partial charge in [-0.05, 0) is 42.7 Å². The molecule has 1 N–H and O–H groups in total. The Bertz CT molecular complexity index is 971. The standard InChI is InChI=1S/C20H21N5O2/c26-19-17(2-1-7-23-19)20(27)24-11-5-16(6-12-24)18-22-10-13-25(18)14-15-3-8-21-9-4-15/h1-4,7-10,13,16H,5-6,11-12,14H2,(H,23,26). The molecule has 27 heavy (non-hydrogen) atoms. The Labute approximate surface area is 156 Å². The molecule has 138 valence electrons. The molecular weight excluding hydrogens is 342 g/mol. The van der Waals surface area contributed by atoms with Gasteiger partial charge in [0, 0.05) is 56.5 Å². The van der Waals surface area contributed by atoms with Crippen LogP contribution in [0.15, 0.2) is 60.0 Å². The van der Waals surface area contributed by atoms with Crippen LogP contribution in [0.25, 0.3) is 0 Å². The molecule has 0 atom stereocenters. The number of H-pyrrole nitrogens is 1. The summed E-state index contributed by atoms with van der Waals surface area (Å²) in [5.41, 5.74) is 1.05. The van der Waals surface area contributed by atoms with Gasteiger partial charge in [0.25, 0.3) is 11.5 Å². The van der Waals surface area contributed by atoms with E-state index in [1.165, 1.54) is 11.8 Å². The van der Waals surface area contributed by atoms with Crippen LogP contribution in [0.5, 0.6) is 0 Å². The Morgan fingerprint density at radius 1 is 1.15 bits per heavy atom. The Balaban J connectivity index is 1.43. The van der Waals surface area contributed by atoms with Gasteiger partial charge in [-0.3, -0.25) is 14.6 Å². The lowest BCUT2D eigenvalue weighted by Gasteiger charge is -2.31. The zero-order valence-electron chi connectivity index (χ0n) is 14.9. The first-order chi connectivity index (χ1) is 13.2. The summed E-state index contributed by atoms with van der Waals surface area (Å²) in [5.74, 6) is 1.16. The lowest BCUT2D eigenvalue weighted by molar-refractivity contribution is 0.0708. The van der Waals surface area contributed by atoms with Gasteiger partial charge in [-0.2, -0.15) is 0 Å². The average molecular weight is 363 g/mol. The van der Waals surface area contributed by atoms with E-state index in [1.54, 1.807) is 29.4 Å². The molecule has 0 unspecified atom stereocenters. The van der Waals surface area contributed by atoms with Crippen molar-refractivity contribution >= 4 is 5.91 Å². The van der Waals surface area contributed by atoms with Crippen molar-refractivity contribution < 1.29 is 4.79 Å². The second-order valence-corrected chi connectivity index (χ2v) is 6.75. The third-order valence-electron chi connectivity index (χ3n) is 5.05. The summed E-state index contributed by atoms with van der Waals surface area (Å²) in [6.07, 6.45) is 10.6. The summed E-state index contributed by atoms with van der Waals surface area (Å²) >= 11 is 0. The van der Waals surface area contributed by atoms with E-state index < -0.39 is 0 Å². The lowest BCUT2D eigenvalue weighted by Crippen LogP contribution is -2.40. The summed E-state index contributed by atoms with van der Waals surface area (Å²) < 4.78 is 2.17. The van der Waals surface area contributed by atoms with Gasteiger partial charge >= 0.3 is 0 Å². The number of hydrogen-bond acceptors (Lipinski definition) is 4. The summed E-state index contributed by atoms with van der Waals surface area (Å²) in [5, 5.41) is 0. The maximum Gasteiger partial charge on any atom is 0.260 e. The molecule has 4 heterocycles. The predicted octanol–water partition coefficient (Wildman–Crippen LogP) is 2.03. The minimum Gasteiger partial charge on any atom is -0.338 e. The highest BCUT2D eigenvalue weighted by molar-refractivity contribution is 5.93. The van der Waals surface area contributed by atoms with Crippen molar-refractivity contribution in [3.05, 3.63) is 82.6 Å². The van der Waals surface area contributed by atoms with Crippen molar-refractivity contribution in [2.24, 2.45) is 0 Å². The average Bonchev–Trinajstić information content (AvgIpc) is 3.17. The summed E-state index contributed by atoms with van der Waals surface area (Å²) in [4.78, 5) is 37.4. The van der Waals surface area contributed by atoms with E-state index in [1.807, 2.05) is 24.5 Å². The number of rotatable bonds is 4. The van der Waals surface area contributed by atoms with Crippen LogP contribution in [-0.2, 0) is 6.54 Å². The number of likely N-dealkylation sites (tertiary alicyclic amines) is 1. The number of pyridine rings is 2. The second kappa shape index (κ2) is 7.57. The molecule has 4 rings (SSSR count). The fourth-order valence-corrected chi connectivity index (χ4v) is 3.60. The summed E-state index contributed by atoms with van der Waals surface area (Å²) in [6, 6.07) is 7.26. The van der Waals surface area contributed by atoms with Gasteiger partial charge in [-0.25, -0.2) is 4.98 Å². The number of piperidine rings is 1. The maximum absolute atomic E-state index is 12.6. The fourth-order valence-electron chi connectivity index (χ4n) is 3.60. The number of nitrogens with zero attached hydrogens (tertiary/aromatic N) is 4. The number of carbonyl (C=O) groups excluding carboxylic acids is 1. The molecular formula is C20H21N5O2. The molecule has 0 saturated carbocycles. The van der Waals surface area contributed by atoms with Crippen LogP contribution in [-0.4, -0.2) is 43.4 Å². The molecule has 7 heteroatoms. The van der Waals surface area contributed by atoms with E-state index in [0.29, 0.717) is 19.0 Å². The van der Waals surface area contributed by atoms with Crippen molar-refractivity contribution in [2.75, 3.05) is 13.1 Å². The Kier molecular flexibility index (Phi) is 4.82. The van der Waals surface area contributed by atoms with Crippen molar-refractivity contribution in [1.82, 2.24) is 24.4 Å². The van der Waals surface area contributed by atoms with Gasteiger partial charge in [0.05, 0.1) is 0 Å². The first kappa shape index (κ1) is 17.2. The van der Waals surface area contributed by atoms with Gasteiger partial charge in [0.15, 0.2) is 0 Å². The Morgan fingerprint density at radius 2 is 1.93 bits per heavy atom. The first-order valence-electron chi connectivity index (χ1n) is 9.09. The highest BCUT2D eigenvalue weighted by Crippen LogP contribution is 2.27. The number of carbonyl (C=O) groups is 1. The lowest BCUT2D eigenvalue weighted by atomic mass is 9.95. The fraction of sp³-hybridized carbons (Fsp3) is 0.300. The zero-order chi connectivity index (χ0) is 18.6. The Morgan fingerprint density at radius 3 is 2.67 bits per heavy atom. The van der Waals surface area contributed by atoms with E-state index >= 15 is 0 Å². The molecule has 1 fully saturated rings. The highest BCUT2D eigenvalue weighted by Gasteiger charge is 2.27. The first-order valence-corrected chi connectivity index (χ1v) is 9.09. The quantitative estimate of drug-likeness (QED) is 0.769. The van der Waals surface area contributed by atoms with Gasteiger partial charge in [-0.15, -0.1) is 0 Å². The van der Waals surface area contributed by atoms with Crippen molar-refractivity contribution in [3.63, 3.8) is 0 Å². The topological polar surface area (TPSA) is 83.9 Å². The number of nitrogens with one attached hydrogen (secondary N) is 1. The van der Waals surface area contributed by atoms with Crippen molar-refractivity contribution in [2.45, 2.75) is 25.3 Å². The molecule has 0 radical (unpaired) electrons. The number of aromatic nitrogens is 4. The zero-order valence-corrected chi connectivity index (χ0v) is 14.9. The molecule has 0 aliphatic carbocycles. The molecule has 3 aromatic rings. The van der Waals surface area contributed by atoms with E-state index in [-0.39, 0.29) is 17.0 Å². The molecule has 1 amide bonds. The van der Waals surface area contributed by atoms with Gasteiger partial charge in [0.1, 0.15) is 11.4 Å². The van der Waals surface area contributed by atoms with Gasteiger partial charge in [0.2, 0.25) is 0 Å².